The van der Waals surface area contributed by atoms with Gasteiger partial charge in [-0.15, -0.1) is 0 Å². The van der Waals surface area contributed by atoms with Gasteiger partial charge in [0.1, 0.15) is 0 Å². The van der Waals surface area contributed by atoms with Crippen molar-refractivity contribution in [2.24, 2.45) is 0 Å². The van der Waals surface area contributed by atoms with Gasteiger partial charge in [0.15, 0.2) is 9.04 Å². The molecule has 1 nitrogen and oxygen atoms in total. The van der Waals surface area contributed by atoms with E-state index in [1.807, 2.05) is 0 Å². The molecule has 0 aromatic heterocycles. The van der Waals surface area contributed by atoms with Gasteiger partial charge in [0.25, 0.3) is 0 Å². The molecular weight excluding hydrogens is 300 g/mol. The fraction of sp³-hybridized carbons (Fsp3) is 1.00. The number of hydrogen-bond acceptors (Lipinski definition) is 1. The molecule has 0 aromatic rings. The Morgan fingerprint density at radius 2 is 1.27 bits per heavy atom. The van der Waals surface area contributed by atoms with E-state index < -0.39 is 17.1 Å². The summed E-state index contributed by atoms with van der Waals surface area (Å²) in [5.74, 6) is 0. The minimum atomic E-state index is -1.47. The molecule has 0 N–H and O–H groups in total. The van der Waals surface area contributed by atoms with Crippen LogP contribution in [0, 0.1) is 0 Å². The Bertz CT molecular complexity index is 394. The van der Waals surface area contributed by atoms with Crippen LogP contribution in [0.25, 0.3) is 0 Å². The van der Waals surface area contributed by atoms with Crippen LogP contribution in [-0.2, 0) is 4.43 Å². The van der Waals surface area contributed by atoms with Crippen LogP contribution < -0.4 is 0 Å². The molecule has 1 unspecified atom stereocenters. The van der Waals surface area contributed by atoms with Gasteiger partial charge < -0.3 is 4.43 Å². The molecule has 1 aliphatic rings. The summed E-state index contributed by atoms with van der Waals surface area (Å²) in [5.41, 5.74) is 0.0547. The lowest BCUT2D eigenvalue weighted by molar-refractivity contribution is 0.0859. The zero-order valence-corrected chi connectivity index (χ0v) is 19.5. The summed E-state index contributed by atoms with van der Waals surface area (Å²) in [5, 5.41) is 1.16. The third-order valence-corrected chi connectivity index (χ3v) is 19.6. The van der Waals surface area contributed by atoms with Crippen molar-refractivity contribution in [1.82, 2.24) is 0 Å². The van der Waals surface area contributed by atoms with E-state index in [1.54, 1.807) is 0 Å². The molecule has 1 rings (SSSR count). The first-order valence-corrected chi connectivity index (χ1v) is 14.5. The van der Waals surface area contributed by atoms with Crippen molar-refractivity contribution in [2.45, 2.75) is 121 Å². The van der Waals surface area contributed by atoms with Crippen LogP contribution in [0.4, 0.5) is 0 Å². The Morgan fingerprint density at radius 1 is 0.818 bits per heavy atom. The smallest absolute Gasteiger partial charge is 0.180 e. The van der Waals surface area contributed by atoms with Crippen molar-refractivity contribution >= 4 is 17.1 Å². The van der Waals surface area contributed by atoms with Crippen molar-refractivity contribution in [3.8, 4) is 0 Å². The van der Waals surface area contributed by atoms with E-state index in [0.29, 0.717) is 15.1 Å². The van der Waals surface area contributed by atoms with Gasteiger partial charge in [-0.05, 0) is 41.9 Å². The van der Waals surface area contributed by atoms with Crippen LogP contribution in [0.5, 0.6) is 0 Å². The predicted molar refractivity (Wildman–Crippen MR) is 106 cm³/mol. The highest BCUT2D eigenvalue weighted by molar-refractivity contribution is 6.84. The largest absolute Gasteiger partial charge is 0.415 e. The third kappa shape index (κ3) is 3.41. The van der Waals surface area contributed by atoms with Crippen molar-refractivity contribution in [3.63, 3.8) is 0 Å². The zero-order chi connectivity index (χ0) is 17.6. The van der Waals surface area contributed by atoms with E-state index in [1.165, 1.54) is 25.7 Å². The van der Waals surface area contributed by atoms with Gasteiger partial charge >= 0.3 is 0 Å². The van der Waals surface area contributed by atoms with Crippen molar-refractivity contribution in [2.75, 3.05) is 0 Å². The molecule has 0 aliphatic carbocycles. The zero-order valence-electron chi connectivity index (χ0n) is 17.3. The molecule has 1 atom stereocenters. The van der Waals surface area contributed by atoms with Crippen LogP contribution >= 0.6 is 0 Å². The molecule has 3 heteroatoms. The van der Waals surface area contributed by atoms with Gasteiger partial charge in [-0.25, -0.2) is 0 Å². The minimum absolute atomic E-state index is 0.0547. The molecule has 0 radical (unpaired) electrons. The van der Waals surface area contributed by atoms with Crippen LogP contribution in [-0.4, -0.2) is 22.7 Å². The van der Waals surface area contributed by atoms with Crippen molar-refractivity contribution in [3.05, 3.63) is 0 Å². The summed E-state index contributed by atoms with van der Waals surface area (Å²) in [4.78, 5) is 0. The Kier molecular flexibility index (Phi) is 5.61. The molecule has 0 aromatic carbocycles. The Balaban J connectivity index is 3.37. The molecule has 0 saturated carbocycles. The van der Waals surface area contributed by atoms with Crippen LogP contribution in [0.3, 0.4) is 0 Å². The summed E-state index contributed by atoms with van der Waals surface area (Å²) in [6.45, 7) is 27.6. The van der Waals surface area contributed by atoms with E-state index in [4.69, 9.17) is 4.43 Å². The lowest BCUT2D eigenvalue weighted by atomic mass is 9.96. The second-order valence-corrected chi connectivity index (χ2v) is 19.4. The van der Waals surface area contributed by atoms with Gasteiger partial charge in [0, 0.05) is 0 Å². The highest BCUT2D eigenvalue weighted by Gasteiger charge is 2.58. The van der Waals surface area contributed by atoms with Crippen molar-refractivity contribution < 1.29 is 4.43 Å². The maximum Gasteiger partial charge on any atom is 0.180 e. The third-order valence-electron chi connectivity index (χ3n) is 8.21. The lowest BCUT2D eigenvalue weighted by Crippen LogP contribution is -2.55. The second-order valence-electron chi connectivity index (χ2n) is 10.6. The molecular formula is C19H42OSi2. The monoisotopic (exact) mass is 342 g/mol. The van der Waals surface area contributed by atoms with Crippen LogP contribution in [0.2, 0.25) is 34.8 Å². The highest BCUT2D eigenvalue weighted by Crippen LogP contribution is 2.66. The van der Waals surface area contributed by atoms with E-state index in [-0.39, 0.29) is 5.60 Å². The first-order chi connectivity index (χ1) is 9.58. The Morgan fingerprint density at radius 3 is 1.77 bits per heavy atom. The minimum Gasteiger partial charge on any atom is -0.415 e. The van der Waals surface area contributed by atoms with Crippen LogP contribution in [0.1, 0.15) is 81.1 Å². The molecule has 1 fully saturated rings. The number of rotatable bonds is 0. The van der Waals surface area contributed by atoms with E-state index in [2.05, 4.69) is 75.0 Å². The quantitative estimate of drug-likeness (QED) is 0.442. The maximum absolute atomic E-state index is 6.74. The molecule has 132 valence electrons. The van der Waals surface area contributed by atoms with Crippen molar-refractivity contribution in [1.29, 1.82) is 0 Å². The topological polar surface area (TPSA) is 9.23 Å². The summed E-state index contributed by atoms with van der Waals surface area (Å²) >= 11 is 0. The standard InChI is InChI=1S/C19H42OSi2/c1-16(2)14-12-13-15-17(3,4)22(10,11)19(7,8)18(5,6)21(9)20-16/h21H,12-15H2,1-11H3. The van der Waals surface area contributed by atoms with Gasteiger partial charge in [-0.1, -0.05) is 73.9 Å². The molecule has 0 spiro atoms. The average Bonchev–Trinajstić information content (AvgIpc) is 2.32. The summed E-state index contributed by atoms with van der Waals surface area (Å²) in [6.07, 6.45) is 5.24. The van der Waals surface area contributed by atoms with Gasteiger partial charge in [0.05, 0.1) is 13.7 Å². The van der Waals surface area contributed by atoms with Gasteiger partial charge in [0.2, 0.25) is 0 Å². The normalized spacial score (nSPS) is 33.7. The summed E-state index contributed by atoms with van der Waals surface area (Å²) in [6, 6.07) is 0. The molecule has 1 aliphatic heterocycles. The predicted octanol–water partition coefficient (Wildman–Crippen LogP) is 6.76. The molecule has 1 heterocycles. The molecule has 0 bridgehead atoms. The summed E-state index contributed by atoms with van der Waals surface area (Å²) in [7, 11) is -2.78. The van der Waals surface area contributed by atoms with Crippen LogP contribution in [0.15, 0.2) is 0 Å². The first-order valence-electron chi connectivity index (χ1n) is 9.26. The highest BCUT2D eigenvalue weighted by atomic mass is 28.3. The SMILES string of the molecule is C[SiH]1OC(C)(C)CCCCC(C)(C)[Si](C)(C)C(C)(C)C1(C)C. The fourth-order valence-corrected chi connectivity index (χ4v) is 12.5. The summed E-state index contributed by atoms with van der Waals surface area (Å²) < 4.78 is 6.74. The fourth-order valence-electron chi connectivity index (χ4n) is 4.27. The Hall–Kier alpha value is 0.394. The average molecular weight is 343 g/mol. The first kappa shape index (κ1) is 20.4. The van der Waals surface area contributed by atoms with Gasteiger partial charge in [-0.2, -0.15) is 0 Å². The Labute approximate surface area is 143 Å². The number of hydrogen-bond donors (Lipinski definition) is 0. The molecule has 22 heavy (non-hydrogen) atoms. The second kappa shape index (κ2) is 6.04. The van der Waals surface area contributed by atoms with Gasteiger partial charge in [-0.3, -0.25) is 0 Å². The maximum atomic E-state index is 6.74. The molecule has 1 saturated heterocycles. The van der Waals surface area contributed by atoms with E-state index in [0.717, 1.165) is 0 Å². The van der Waals surface area contributed by atoms with E-state index in [9.17, 15) is 0 Å². The lowest BCUT2D eigenvalue weighted by Gasteiger charge is -2.59. The van der Waals surface area contributed by atoms with E-state index >= 15 is 0 Å². The molecule has 0 amide bonds.